The molecule has 0 saturated carbocycles. The molecule has 1 fully saturated rings. The van der Waals surface area contributed by atoms with E-state index in [1.807, 2.05) is 60.6 Å². The van der Waals surface area contributed by atoms with Gasteiger partial charge in [0, 0.05) is 62.2 Å². The molecule has 6 nitrogen and oxygen atoms in total. The lowest BCUT2D eigenvalue weighted by atomic mass is 9.86. The van der Waals surface area contributed by atoms with Crippen LogP contribution in [0.5, 0.6) is 5.75 Å². The highest BCUT2D eigenvalue weighted by Crippen LogP contribution is 2.35. The summed E-state index contributed by atoms with van der Waals surface area (Å²) >= 11 is 0. The molecule has 33 heavy (non-hydrogen) atoms. The molecular formula is C27H30N4O2. The number of ether oxygens (including phenoxy) is 1. The quantitative estimate of drug-likeness (QED) is 0.545. The number of hydrogen-bond acceptors (Lipinski definition) is 5. The zero-order valence-corrected chi connectivity index (χ0v) is 19.5. The van der Waals surface area contributed by atoms with E-state index in [-0.39, 0.29) is 11.8 Å². The molecule has 1 amide bonds. The Balaban J connectivity index is 1.58. The van der Waals surface area contributed by atoms with Gasteiger partial charge in [0.05, 0.1) is 7.11 Å². The van der Waals surface area contributed by atoms with Crippen LogP contribution in [0.1, 0.15) is 40.2 Å². The Labute approximate surface area is 195 Å². The monoisotopic (exact) mass is 442 g/mol. The van der Waals surface area contributed by atoms with Crippen molar-refractivity contribution in [3.05, 3.63) is 78.1 Å². The smallest absolute Gasteiger partial charge is 0.253 e. The van der Waals surface area contributed by atoms with Gasteiger partial charge >= 0.3 is 0 Å². The van der Waals surface area contributed by atoms with E-state index in [2.05, 4.69) is 34.7 Å². The Morgan fingerprint density at radius 2 is 1.94 bits per heavy atom. The highest BCUT2D eigenvalue weighted by atomic mass is 16.5. The fourth-order valence-electron chi connectivity index (χ4n) is 4.43. The maximum atomic E-state index is 13.3. The van der Waals surface area contributed by atoms with Crippen molar-refractivity contribution in [3.8, 4) is 16.9 Å². The van der Waals surface area contributed by atoms with Crippen molar-refractivity contribution in [1.82, 2.24) is 14.9 Å². The number of methoxy groups -OCH3 is 1. The van der Waals surface area contributed by atoms with Crippen LogP contribution in [-0.4, -0.2) is 55.1 Å². The minimum Gasteiger partial charge on any atom is -0.496 e. The van der Waals surface area contributed by atoms with Gasteiger partial charge in [0.1, 0.15) is 5.75 Å². The minimum atomic E-state index is 0.0432. The van der Waals surface area contributed by atoms with Crippen molar-refractivity contribution < 1.29 is 9.53 Å². The Kier molecular flexibility index (Phi) is 6.73. The average molecular weight is 443 g/mol. The average Bonchev–Trinajstić information content (AvgIpc) is 2.88. The first-order valence-corrected chi connectivity index (χ1v) is 11.2. The van der Waals surface area contributed by atoms with Crippen LogP contribution in [0.2, 0.25) is 0 Å². The Morgan fingerprint density at radius 3 is 2.64 bits per heavy atom. The third kappa shape index (κ3) is 4.75. The summed E-state index contributed by atoms with van der Waals surface area (Å²) in [6, 6.07) is 13.9. The fraction of sp³-hybridized carbons (Fsp3) is 0.296. The number of likely N-dealkylation sites (tertiary alicyclic amines) is 1. The van der Waals surface area contributed by atoms with Crippen molar-refractivity contribution >= 4 is 17.9 Å². The Morgan fingerprint density at radius 1 is 1.18 bits per heavy atom. The molecule has 1 atom stereocenters. The van der Waals surface area contributed by atoms with Gasteiger partial charge in [-0.2, -0.15) is 0 Å². The van der Waals surface area contributed by atoms with Crippen LogP contribution in [0.15, 0.2) is 61.4 Å². The van der Waals surface area contributed by atoms with Gasteiger partial charge in [0.25, 0.3) is 5.91 Å². The van der Waals surface area contributed by atoms with Crippen LogP contribution >= 0.6 is 0 Å². The van der Waals surface area contributed by atoms with Gasteiger partial charge in [-0.3, -0.25) is 4.79 Å². The molecule has 0 bridgehead atoms. The second kappa shape index (κ2) is 9.86. The van der Waals surface area contributed by atoms with Crippen molar-refractivity contribution in [3.63, 3.8) is 0 Å². The molecule has 1 unspecified atom stereocenters. The SMILES string of the molecule is C=Cc1cc(C(=O)N2CCCC(c3ccccc3-c3cnc(N(C)C)nc3)C2)ccc1OC. The molecule has 0 aliphatic carbocycles. The Bertz CT molecular complexity index is 1140. The zero-order valence-electron chi connectivity index (χ0n) is 19.5. The van der Waals surface area contributed by atoms with Crippen molar-refractivity contribution in [2.75, 3.05) is 39.2 Å². The molecule has 3 aromatic rings. The highest BCUT2D eigenvalue weighted by molar-refractivity contribution is 5.95. The molecule has 1 saturated heterocycles. The summed E-state index contributed by atoms with van der Waals surface area (Å²) in [7, 11) is 5.48. The minimum absolute atomic E-state index is 0.0432. The topological polar surface area (TPSA) is 58.6 Å². The number of anilines is 1. The number of carbonyl (C=O) groups is 1. The van der Waals surface area contributed by atoms with E-state index in [1.165, 1.54) is 5.56 Å². The molecule has 0 radical (unpaired) electrons. The van der Waals surface area contributed by atoms with E-state index in [0.29, 0.717) is 18.1 Å². The predicted octanol–water partition coefficient (Wildman–Crippen LogP) is 4.88. The number of piperidine rings is 1. The zero-order chi connectivity index (χ0) is 23.4. The van der Waals surface area contributed by atoms with Crippen LogP contribution in [0.3, 0.4) is 0 Å². The summed E-state index contributed by atoms with van der Waals surface area (Å²) in [6.07, 6.45) is 7.47. The number of benzene rings is 2. The van der Waals surface area contributed by atoms with Gasteiger partial charge in [0.15, 0.2) is 0 Å². The van der Waals surface area contributed by atoms with Gasteiger partial charge in [-0.15, -0.1) is 0 Å². The van der Waals surface area contributed by atoms with Gasteiger partial charge in [-0.05, 0) is 42.2 Å². The number of aromatic nitrogens is 2. The first-order valence-electron chi connectivity index (χ1n) is 11.2. The fourth-order valence-corrected chi connectivity index (χ4v) is 4.43. The number of amides is 1. The molecule has 0 N–H and O–H groups in total. The van der Waals surface area contributed by atoms with Crippen molar-refractivity contribution in [2.24, 2.45) is 0 Å². The third-order valence-corrected chi connectivity index (χ3v) is 6.16. The molecule has 170 valence electrons. The van der Waals surface area contributed by atoms with Crippen LogP contribution in [-0.2, 0) is 0 Å². The molecule has 1 aliphatic heterocycles. The van der Waals surface area contributed by atoms with Gasteiger partial charge in [-0.1, -0.05) is 36.9 Å². The second-order valence-electron chi connectivity index (χ2n) is 8.50. The highest BCUT2D eigenvalue weighted by Gasteiger charge is 2.27. The molecule has 4 rings (SSSR count). The van der Waals surface area contributed by atoms with Crippen LogP contribution in [0.25, 0.3) is 17.2 Å². The number of hydrogen-bond donors (Lipinski definition) is 0. The predicted molar refractivity (Wildman–Crippen MR) is 133 cm³/mol. The second-order valence-corrected chi connectivity index (χ2v) is 8.50. The summed E-state index contributed by atoms with van der Waals surface area (Å²) < 4.78 is 5.36. The summed E-state index contributed by atoms with van der Waals surface area (Å²) in [6.45, 7) is 5.28. The first kappa shape index (κ1) is 22.5. The molecule has 1 aromatic heterocycles. The van der Waals surface area contributed by atoms with Gasteiger partial charge < -0.3 is 14.5 Å². The molecule has 6 heteroatoms. The van der Waals surface area contributed by atoms with Gasteiger partial charge in [0.2, 0.25) is 5.95 Å². The van der Waals surface area contributed by atoms with Crippen LogP contribution < -0.4 is 9.64 Å². The van der Waals surface area contributed by atoms with E-state index in [9.17, 15) is 4.79 Å². The summed E-state index contributed by atoms with van der Waals surface area (Å²) in [5.41, 5.74) is 4.83. The van der Waals surface area contributed by atoms with Crippen LogP contribution in [0.4, 0.5) is 5.95 Å². The summed E-state index contributed by atoms with van der Waals surface area (Å²) in [5, 5.41) is 0. The Hall–Kier alpha value is -3.67. The number of nitrogens with zero attached hydrogens (tertiary/aromatic N) is 4. The summed E-state index contributed by atoms with van der Waals surface area (Å²) in [4.78, 5) is 26.1. The lowest BCUT2D eigenvalue weighted by Gasteiger charge is -2.34. The van der Waals surface area contributed by atoms with E-state index in [4.69, 9.17) is 4.74 Å². The normalized spacial score (nSPS) is 15.7. The largest absolute Gasteiger partial charge is 0.496 e. The molecule has 2 heterocycles. The third-order valence-electron chi connectivity index (χ3n) is 6.16. The lowest BCUT2D eigenvalue weighted by Crippen LogP contribution is -2.39. The van der Waals surface area contributed by atoms with E-state index < -0.39 is 0 Å². The van der Waals surface area contributed by atoms with E-state index >= 15 is 0 Å². The standard InChI is InChI=1S/C27H30N4O2/c1-5-19-15-20(12-13-25(19)33-4)26(32)31-14-8-9-21(18-31)23-10-6-7-11-24(23)22-16-28-27(29-17-22)30(2)3/h5-7,10-13,15-17,21H,1,8-9,14,18H2,2-4H3. The summed E-state index contributed by atoms with van der Waals surface area (Å²) in [5.74, 6) is 1.70. The maximum absolute atomic E-state index is 13.3. The maximum Gasteiger partial charge on any atom is 0.253 e. The molecular weight excluding hydrogens is 412 g/mol. The first-order chi connectivity index (χ1) is 16.0. The lowest BCUT2D eigenvalue weighted by molar-refractivity contribution is 0.0707. The van der Waals surface area contributed by atoms with E-state index in [1.54, 1.807) is 13.2 Å². The molecule has 0 spiro atoms. The van der Waals surface area contributed by atoms with Gasteiger partial charge in [-0.25, -0.2) is 9.97 Å². The van der Waals surface area contributed by atoms with Crippen molar-refractivity contribution in [2.45, 2.75) is 18.8 Å². The van der Waals surface area contributed by atoms with Crippen molar-refractivity contribution in [1.29, 1.82) is 0 Å². The number of carbonyl (C=O) groups excluding carboxylic acids is 1. The molecule has 1 aliphatic rings. The molecule has 2 aromatic carbocycles. The van der Waals surface area contributed by atoms with E-state index in [0.717, 1.165) is 41.8 Å². The number of rotatable bonds is 6. The van der Waals surface area contributed by atoms with Crippen LogP contribution in [0, 0.1) is 0 Å².